The molecule has 2 aromatic rings. The van der Waals surface area contributed by atoms with E-state index in [-0.39, 0.29) is 29.9 Å². The number of urea groups is 1. The van der Waals surface area contributed by atoms with E-state index in [1.807, 2.05) is 73.2 Å². The summed E-state index contributed by atoms with van der Waals surface area (Å²) in [6.45, 7) is 6.45. The maximum Gasteiger partial charge on any atom is 0.318 e. The van der Waals surface area contributed by atoms with Crippen molar-refractivity contribution in [3.63, 3.8) is 0 Å². The molecular weight excluding hydrogens is 490 g/mol. The highest BCUT2D eigenvalue weighted by molar-refractivity contribution is 6.08. The third kappa shape index (κ3) is 5.53. The molecule has 2 N–H and O–H groups in total. The zero-order valence-corrected chi connectivity index (χ0v) is 23.4. The molecule has 208 valence electrons. The second-order valence-electron chi connectivity index (χ2n) is 11.6. The first kappa shape index (κ1) is 27.2. The fourth-order valence-electron chi connectivity index (χ4n) is 6.30. The number of amides is 4. The van der Waals surface area contributed by atoms with E-state index in [1.54, 1.807) is 4.90 Å². The van der Waals surface area contributed by atoms with Gasteiger partial charge in [-0.05, 0) is 70.2 Å². The Morgan fingerprint density at radius 3 is 2.31 bits per heavy atom. The minimum absolute atomic E-state index is 0.0319. The summed E-state index contributed by atoms with van der Waals surface area (Å²) in [6.07, 6.45) is 3.61. The lowest BCUT2D eigenvalue weighted by molar-refractivity contribution is -0.134. The Morgan fingerprint density at radius 2 is 1.62 bits per heavy atom. The zero-order chi connectivity index (χ0) is 27.6. The van der Waals surface area contributed by atoms with Gasteiger partial charge in [0.2, 0.25) is 11.8 Å². The lowest BCUT2D eigenvalue weighted by Gasteiger charge is -2.39. The van der Waals surface area contributed by atoms with Gasteiger partial charge in [0.15, 0.2) is 0 Å². The molecule has 3 aliphatic rings. The van der Waals surface area contributed by atoms with Crippen molar-refractivity contribution in [1.29, 1.82) is 0 Å². The minimum Gasteiger partial charge on any atom is -0.341 e. The van der Waals surface area contributed by atoms with Crippen LogP contribution in [0.3, 0.4) is 0 Å². The van der Waals surface area contributed by atoms with Crippen LogP contribution in [0.1, 0.15) is 50.7 Å². The lowest BCUT2D eigenvalue weighted by atomic mass is 9.86. The number of carbonyl (C=O) groups excluding carboxylic acids is 3. The summed E-state index contributed by atoms with van der Waals surface area (Å²) in [5.41, 5.74) is 2.67. The van der Waals surface area contributed by atoms with Crippen LogP contribution in [0.25, 0.3) is 0 Å². The van der Waals surface area contributed by atoms with Crippen LogP contribution in [-0.4, -0.2) is 79.0 Å². The number of carbonyl (C=O) groups is 3. The van der Waals surface area contributed by atoms with Crippen molar-refractivity contribution in [3.8, 4) is 0 Å². The molecular formula is C31H41N5O3. The molecule has 0 radical (unpaired) electrons. The summed E-state index contributed by atoms with van der Waals surface area (Å²) in [5.74, 6) is 0.0996. The van der Waals surface area contributed by atoms with Crippen LogP contribution in [0, 0.1) is 0 Å². The van der Waals surface area contributed by atoms with E-state index >= 15 is 0 Å². The van der Waals surface area contributed by atoms with Crippen molar-refractivity contribution in [1.82, 2.24) is 20.4 Å². The van der Waals surface area contributed by atoms with Crippen molar-refractivity contribution in [2.75, 3.05) is 38.1 Å². The Hall–Kier alpha value is -3.39. The van der Waals surface area contributed by atoms with Crippen LogP contribution in [0.15, 0.2) is 54.6 Å². The van der Waals surface area contributed by atoms with Gasteiger partial charge >= 0.3 is 6.03 Å². The van der Waals surface area contributed by atoms with Crippen molar-refractivity contribution < 1.29 is 14.4 Å². The summed E-state index contributed by atoms with van der Waals surface area (Å²) < 4.78 is 0. The van der Waals surface area contributed by atoms with E-state index in [4.69, 9.17) is 0 Å². The highest BCUT2D eigenvalue weighted by Crippen LogP contribution is 2.43. The fourth-order valence-corrected chi connectivity index (χ4v) is 6.30. The number of fused-ring (bicyclic) bond motifs is 1. The smallest absolute Gasteiger partial charge is 0.318 e. The van der Waals surface area contributed by atoms with Crippen LogP contribution >= 0.6 is 0 Å². The standard InChI is InChI=1S/C31H41N5O3/c1-31(2)25-11-7-8-12-27(25)36(29(31)38)24-16-19-34(20-17-24)28(37)26(14-13-22-9-5-4-6-10-22)33-30(39)35-18-15-23(21-35)32-3/h4-12,23-24,26,32H,13-21H2,1-3H3,(H,33,39)/t23-,26?/m0/s1. The molecule has 0 bridgehead atoms. The van der Waals surface area contributed by atoms with E-state index < -0.39 is 11.5 Å². The molecule has 3 heterocycles. The average molecular weight is 532 g/mol. The van der Waals surface area contributed by atoms with Gasteiger partial charge in [0.05, 0.1) is 5.41 Å². The van der Waals surface area contributed by atoms with Gasteiger partial charge in [-0.15, -0.1) is 0 Å². The zero-order valence-electron chi connectivity index (χ0n) is 23.4. The Kier molecular flexibility index (Phi) is 7.93. The van der Waals surface area contributed by atoms with E-state index in [0.717, 1.165) is 36.1 Å². The number of hydrogen-bond acceptors (Lipinski definition) is 4. The third-order valence-electron chi connectivity index (χ3n) is 8.78. The maximum absolute atomic E-state index is 13.8. The molecule has 0 saturated carbocycles. The molecule has 0 aliphatic carbocycles. The Bertz CT molecular complexity index is 1190. The average Bonchev–Trinajstić information content (AvgIpc) is 3.52. The molecule has 8 nitrogen and oxygen atoms in total. The van der Waals surface area contributed by atoms with Gasteiger partial charge in [0.1, 0.15) is 6.04 Å². The molecule has 3 aliphatic heterocycles. The molecule has 0 aromatic heterocycles. The van der Waals surface area contributed by atoms with Crippen LogP contribution < -0.4 is 15.5 Å². The molecule has 2 aromatic carbocycles. The Morgan fingerprint density at radius 1 is 0.949 bits per heavy atom. The second kappa shape index (κ2) is 11.4. The van der Waals surface area contributed by atoms with Gasteiger partial charge in [0, 0.05) is 44.0 Å². The van der Waals surface area contributed by atoms with E-state index in [1.165, 1.54) is 0 Å². The normalized spacial score (nSPS) is 21.7. The van der Waals surface area contributed by atoms with Crippen LogP contribution in [0.2, 0.25) is 0 Å². The minimum atomic E-state index is -0.587. The van der Waals surface area contributed by atoms with Gasteiger partial charge < -0.3 is 25.3 Å². The number of aryl methyl sites for hydroxylation is 1. The molecule has 2 fully saturated rings. The number of hydrogen-bond donors (Lipinski definition) is 2. The highest BCUT2D eigenvalue weighted by atomic mass is 16.2. The van der Waals surface area contributed by atoms with E-state index in [2.05, 4.69) is 22.8 Å². The van der Waals surface area contributed by atoms with Gasteiger partial charge in [-0.25, -0.2) is 4.79 Å². The molecule has 0 spiro atoms. The Labute approximate surface area is 231 Å². The first-order chi connectivity index (χ1) is 18.8. The van der Waals surface area contributed by atoms with Crippen LogP contribution in [-0.2, 0) is 21.4 Å². The first-order valence-electron chi connectivity index (χ1n) is 14.3. The number of nitrogens with one attached hydrogen (secondary N) is 2. The second-order valence-corrected chi connectivity index (χ2v) is 11.6. The molecule has 8 heteroatoms. The molecule has 39 heavy (non-hydrogen) atoms. The number of likely N-dealkylation sites (N-methyl/N-ethyl adjacent to an activating group) is 1. The number of piperidine rings is 1. The van der Waals surface area contributed by atoms with Gasteiger partial charge in [-0.3, -0.25) is 9.59 Å². The van der Waals surface area contributed by atoms with Crippen LogP contribution in [0.5, 0.6) is 0 Å². The molecule has 1 unspecified atom stereocenters. The third-order valence-corrected chi connectivity index (χ3v) is 8.78. The van der Waals surface area contributed by atoms with Crippen LogP contribution in [0.4, 0.5) is 10.5 Å². The van der Waals surface area contributed by atoms with Crippen molar-refractivity contribution in [2.24, 2.45) is 0 Å². The molecule has 5 rings (SSSR count). The summed E-state index contributed by atoms with van der Waals surface area (Å²) in [7, 11) is 1.91. The number of nitrogens with zero attached hydrogens (tertiary/aromatic N) is 3. The molecule has 2 atom stereocenters. The largest absolute Gasteiger partial charge is 0.341 e. The predicted molar refractivity (Wildman–Crippen MR) is 153 cm³/mol. The quantitative estimate of drug-likeness (QED) is 0.574. The first-order valence-corrected chi connectivity index (χ1v) is 14.3. The van der Waals surface area contributed by atoms with Gasteiger partial charge in [-0.1, -0.05) is 48.5 Å². The number of benzene rings is 2. The van der Waals surface area contributed by atoms with E-state index in [0.29, 0.717) is 39.0 Å². The van der Waals surface area contributed by atoms with Crippen molar-refractivity contribution in [2.45, 2.75) is 69.5 Å². The Balaban J connectivity index is 1.25. The maximum atomic E-state index is 13.8. The predicted octanol–water partition coefficient (Wildman–Crippen LogP) is 3.31. The van der Waals surface area contributed by atoms with Crippen molar-refractivity contribution >= 4 is 23.5 Å². The van der Waals surface area contributed by atoms with Gasteiger partial charge in [-0.2, -0.15) is 0 Å². The lowest BCUT2D eigenvalue weighted by Crippen LogP contribution is -2.55. The topological polar surface area (TPSA) is 85.0 Å². The summed E-state index contributed by atoms with van der Waals surface area (Å²) >= 11 is 0. The molecule has 4 amide bonds. The summed E-state index contributed by atoms with van der Waals surface area (Å²) in [4.78, 5) is 46.0. The molecule has 2 saturated heterocycles. The number of rotatable bonds is 7. The number of anilines is 1. The monoisotopic (exact) mass is 531 g/mol. The van der Waals surface area contributed by atoms with Gasteiger partial charge in [0.25, 0.3) is 0 Å². The summed E-state index contributed by atoms with van der Waals surface area (Å²) in [5, 5.41) is 6.31. The van der Waals surface area contributed by atoms with Crippen molar-refractivity contribution in [3.05, 3.63) is 65.7 Å². The number of para-hydroxylation sites is 1. The number of likely N-dealkylation sites (tertiary alicyclic amines) is 2. The summed E-state index contributed by atoms with van der Waals surface area (Å²) in [6, 6.07) is 17.7. The SMILES string of the molecule is CN[C@H]1CCN(C(=O)NC(CCc2ccccc2)C(=O)N2CCC(N3C(=O)C(C)(C)c4ccccc43)CC2)C1. The highest BCUT2D eigenvalue weighted by Gasteiger charge is 2.47. The van der Waals surface area contributed by atoms with E-state index in [9.17, 15) is 14.4 Å². The fraction of sp³-hybridized carbons (Fsp3) is 0.516.